The van der Waals surface area contributed by atoms with Crippen molar-refractivity contribution >= 4 is 18.1 Å². The van der Waals surface area contributed by atoms with Gasteiger partial charge in [0.05, 0.1) is 6.04 Å². The lowest BCUT2D eigenvalue weighted by Crippen LogP contribution is -2.52. The van der Waals surface area contributed by atoms with Gasteiger partial charge in [0, 0.05) is 18.7 Å². The first kappa shape index (κ1) is 15.7. The molecule has 3 rings (SSSR count). The lowest BCUT2D eigenvalue weighted by molar-refractivity contribution is -0.140. The molecule has 2 amide bonds. The van der Waals surface area contributed by atoms with Gasteiger partial charge in [0.1, 0.15) is 12.3 Å². The number of nitrogens with zero attached hydrogens (tertiary/aromatic N) is 2. The molecule has 0 bridgehead atoms. The van der Waals surface area contributed by atoms with Crippen molar-refractivity contribution in [2.45, 2.75) is 45.3 Å². The molecule has 0 aliphatic carbocycles. The summed E-state index contributed by atoms with van der Waals surface area (Å²) in [4.78, 5) is 40.2. The Balaban J connectivity index is 1.87. The van der Waals surface area contributed by atoms with E-state index in [9.17, 15) is 14.4 Å². The Morgan fingerprint density at radius 2 is 2.04 bits per heavy atom. The number of benzene rings is 1. The SMILES string of the molecule is CC(C)C(C(=O)N1CCC[C@H]1C=O)N1Cc2ccccc2C1=O. The largest absolute Gasteiger partial charge is 0.331 e. The van der Waals surface area contributed by atoms with Crippen LogP contribution in [0.3, 0.4) is 0 Å². The van der Waals surface area contributed by atoms with Crippen molar-refractivity contribution < 1.29 is 14.4 Å². The van der Waals surface area contributed by atoms with E-state index in [1.54, 1.807) is 9.80 Å². The molecule has 0 N–H and O–H groups in total. The van der Waals surface area contributed by atoms with Crippen molar-refractivity contribution in [2.75, 3.05) is 6.54 Å². The lowest BCUT2D eigenvalue weighted by Gasteiger charge is -2.34. The quantitative estimate of drug-likeness (QED) is 0.797. The number of carbonyl (C=O) groups excluding carboxylic acids is 3. The van der Waals surface area contributed by atoms with E-state index >= 15 is 0 Å². The van der Waals surface area contributed by atoms with Crippen molar-refractivity contribution in [2.24, 2.45) is 5.92 Å². The zero-order valence-corrected chi connectivity index (χ0v) is 13.6. The van der Waals surface area contributed by atoms with Gasteiger partial charge in [-0.25, -0.2) is 0 Å². The van der Waals surface area contributed by atoms with E-state index in [2.05, 4.69) is 0 Å². The highest BCUT2D eigenvalue weighted by atomic mass is 16.2. The highest BCUT2D eigenvalue weighted by Crippen LogP contribution is 2.29. The standard InChI is InChI=1S/C18H22N2O3/c1-12(2)16(18(23)19-9-5-7-14(19)11-21)20-10-13-6-3-4-8-15(13)17(20)22/h3-4,6,8,11-12,14,16H,5,7,9-10H2,1-2H3/t14-,16?/m0/s1. The molecule has 5 nitrogen and oxygen atoms in total. The van der Waals surface area contributed by atoms with E-state index in [0.717, 1.165) is 18.3 Å². The summed E-state index contributed by atoms with van der Waals surface area (Å²) in [5.41, 5.74) is 1.64. The third-order valence-corrected chi connectivity index (χ3v) is 4.81. The molecule has 0 aromatic heterocycles. The van der Waals surface area contributed by atoms with Gasteiger partial charge in [-0.15, -0.1) is 0 Å². The Morgan fingerprint density at radius 1 is 1.30 bits per heavy atom. The van der Waals surface area contributed by atoms with Gasteiger partial charge in [0.25, 0.3) is 5.91 Å². The summed E-state index contributed by atoms with van der Waals surface area (Å²) in [5.74, 6) is -0.195. The summed E-state index contributed by atoms with van der Waals surface area (Å²) < 4.78 is 0. The minimum absolute atomic E-state index is 0.00587. The molecule has 1 saturated heterocycles. The Morgan fingerprint density at radius 3 is 2.70 bits per heavy atom. The second kappa shape index (κ2) is 6.14. The Kier molecular flexibility index (Phi) is 4.20. The summed E-state index contributed by atoms with van der Waals surface area (Å²) in [6, 6.07) is 6.63. The normalized spacial score (nSPS) is 21.7. The van der Waals surface area contributed by atoms with Crippen LogP contribution in [0.15, 0.2) is 24.3 Å². The van der Waals surface area contributed by atoms with Gasteiger partial charge < -0.3 is 14.6 Å². The molecule has 0 spiro atoms. The molecular formula is C18H22N2O3. The van der Waals surface area contributed by atoms with E-state index < -0.39 is 6.04 Å². The number of hydrogen-bond donors (Lipinski definition) is 0. The van der Waals surface area contributed by atoms with E-state index in [1.165, 1.54) is 0 Å². The maximum Gasteiger partial charge on any atom is 0.255 e. The molecule has 2 aliphatic heterocycles. The number of amides is 2. The summed E-state index contributed by atoms with van der Waals surface area (Å²) in [6.45, 7) is 4.96. The fraction of sp³-hybridized carbons (Fsp3) is 0.500. The van der Waals surface area contributed by atoms with Gasteiger partial charge in [-0.2, -0.15) is 0 Å². The van der Waals surface area contributed by atoms with E-state index in [-0.39, 0.29) is 23.8 Å². The minimum atomic E-state index is -0.518. The fourth-order valence-corrected chi connectivity index (χ4v) is 3.66. The lowest BCUT2D eigenvalue weighted by atomic mass is 10.0. The Labute approximate surface area is 136 Å². The van der Waals surface area contributed by atoms with Crippen LogP contribution in [0.4, 0.5) is 0 Å². The first-order chi connectivity index (χ1) is 11.0. The molecule has 1 fully saturated rings. The van der Waals surface area contributed by atoms with Gasteiger partial charge in [-0.1, -0.05) is 32.0 Å². The molecule has 1 aromatic rings. The molecule has 5 heteroatoms. The summed E-state index contributed by atoms with van der Waals surface area (Å²) in [6.07, 6.45) is 2.41. The molecule has 122 valence electrons. The average Bonchev–Trinajstić information content (AvgIpc) is 3.13. The molecule has 1 unspecified atom stereocenters. The number of hydrogen-bond acceptors (Lipinski definition) is 3. The van der Waals surface area contributed by atoms with Crippen LogP contribution in [0.25, 0.3) is 0 Å². The topological polar surface area (TPSA) is 57.7 Å². The molecule has 0 radical (unpaired) electrons. The Bertz CT molecular complexity index is 641. The number of rotatable bonds is 4. The third kappa shape index (κ3) is 2.64. The van der Waals surface area contributed by atoms with Crippen LogP contribution < -0.4 is 0 Å². The predicted octanol–water partition coefficient (Wildman–Crippen LogP) is 1.86. The second-order valence-corrected chi connectivity index (χ2v) is 6.66. The third-order valence-electron chi connectivity index (χ3n) is 4.81. The highest BCUT2D eigenvalue weighted by molar-refractivity contribution is 6.01. The number of carbonyl (C=O) groups is 3. The highest BCUT2D eigenvalue weighted by Gasteiger charge is 2.42. The minimum Gasteiger partial charge on any atom is -0.331 e. The first-order valence-electron chi connectivity index (χ1n) is 8.19. The van der Waals surface area contributed by atoms with Gasteiger partial charge in [0.2, 0.25) is 5.91 Å². The number of likely N-dealkylation sites (tertiary alicyclic amines) is 1. The van der Waals surface area contributed by atoms with Gasteiger partial charge >= 0.3 is 0 Å². The monoisotopic (exact) mass is 314 g/mol. The van der Waals surface area contributed by atoms with Crippen molar-refractivity contribution in [3.05, 3.63) is 35.4 Å². The van der Waals surface area contributed by atoms with Gasteiger partial charge in [-0.05, 0) is 30.4 Å². The van der Waals surface area contributed by atoms with Crippen molar-refractivity contribution in [3.63, 3.8) is 0 Å². The molecule has 2 heterocycles. The summed E-state index contributed by atoms with van der Waals surface area (Å²) in [7, 11) is 0. The average molecular weight is 314 g/mol. The molecule has 1 aromatic carbocycles. The van der Waals surface area contributed by atoms with Crippen molar-refractivity contribution in [3.8, 4) is 0 Å². The van der Waals surface area contributed by atoms with Crippen molar-refractivity contribution in [1.29, 1.82) is 0 Å². The zero-order chi connectivity index (χ0) is 16.6. The predicted molar refractivity (Wildman–Crippen MR) is 85.7 cm³/mol. The maximum atomic E-state index is 13.0. The molecule has 0 saturated carbocycles. The molecule has 2 atom stereocenters. The van der Waals surface area contributed by atoms with Crippen molar-refractivity contribution in [1.82, 2.24) is 9.80 Å². The maximum absolute atomic E-state index is 13.0. The molecule has 23 heavy (non-hydrogen) atoms. The van der Waals surface area contributed by atoms with E-state index in [1.807, 2.05) is 38.1 Å². The molecular weight excluding hydrogens is 292 g/mol. The van der Waals surface area contributed by atoms with Crippen LogP contribution in [-0.4, -0.2) is 46.5 Å². The summed E-state index contributed by atoms with van der Waals surface area (Å²) >= 11 is 0. The van der Waals surface area contributed by atoms with Gasteiger partial charge in [0.15, 0.2) is 0 Å². The van der Waals surface area contributed by atoms with Crippen LogP contribution in [0, 0.1) is 5.92 Å². The number of fused-ring (bicyclic) bond motifs is 1. The van der Waals surface area contributed by atoms with Crippen LogP contribution in [-0.2, 0) is 16.1 Å². The Hall–Kier alpha value is -2.17. The van der Waals surface area contributed by atoms with Gasteiger partial charge in [-0.3, -0.25) is 9.59 Å². The smallest absolute Gasteiger partial charge is 0.255 e. The van der Waals surface area contributed by atoms with Crippen LogP contribution >= 0.6 is 0 Å². The van der Waals surface area contributed by atoms with Crippen LogP contribution in [0.5, 0.6) is 0 Å². The fourth-order valence-electron chi connectivity index (χ4n) is 3.66. The van der Waals surface area contributed by atoms with E-state index in [0.29, 0.717) is 25.1 Å². The summed E-state index contributed by atoms with van der Waals surface area (Å²) in [5, 5.41) is 0. The molecule has 2 aliphatic rings. The van der Waals surface area contributed by atoms with Crippen LogP contribution in [0.1, 0.15) is 42.6 Å². The second-order valence-electron chi connectivity index (χ2n) is 6.66. The van der Waals surface area contributed by atoms with E-state index in [4.69, 9.17) is 0 Å². The van der Waals surface area contributed by atoms with Crippen LogP contribution in [0.2, 0.25) is 0 Å². The number of aldehydes is 1. The first-order valence-corrected chi connectivity index (χ1v) is 8.19. The zero-order valence-electron chi connectivity index (χ0n) is 13.6.